The van der Waals surface area contributed by atoms with Gasteiger partial charge in [-0.15, -0.1) is 0 Å². The molecular weight excluding hydrogens is 166 g/mol. The monoisotopic (exact) mass is 179 g/mol. The predicted octanol–water partition coefficient (Wildman–Crippen LogP) is 1.27. The highest BCUT2D eigenvalue weighted by molar-refractivity contribution is 5.87. The second-order valence-corrected chi connectivity index (χ2v) is 3.56. The summed E-state index contributed by atoms with van der Waals surface area (Å²) >= 11 is 0. The second kappa shape index (κ2) is 3.34. The molecule has 13 heavy (non-hydrogen) atoms. The first-order valence-corrected chi connectivity index (χ1v) is 4.52. The van der Waals surface area contributed by atoms with Crippen LogP contribution in [-0.4, -0.2) is 30.8 Å². The summed E-state index contributed by atoms with van der Waals surface area (Å²) in [6.45, 7) is 1.52. The SMILES string of the molecule is CN1CCC(c2ccco2)C(=O)C1. The largest absolute Gasteiger partial charge is 0.469 e. The van der Waals surface area contributed by atoms with Crippen LogP contribution >= 0.6 is 0 Å². The zero-order valence-electron chi connectivity index (χ0n) is 7.69. The second-order valence-electron chi connectivity index (χ2n) is 3.56. The van der Waals surface area contributed by atoms with E-state index in [1.807, 2.05) is 24.1 Å². The molecule has 3 heteroatoms. The summed E-state index contributed by atoms with van der Waals surface area (Å²) in [7, 11) is 1.97. The van der Waals surface area contributed by atoms with Gasteiger partial charge in [-0.25, -0.2) is 0 Å². The standard InChI is InChI=1S/C10H13NO2/c1-11-5-4-8(9(12)7-11)10-3-2-6-13-10/h2-3,6,8H,4-5,7H2,1H3. The van der Waals surface area contributed by atoms with E-state index in [9.17, 15) is 4.79 Å². The molecule has 2 heterocycles. The lowest BCUT2D eigenvalue weighted by atomic mass is 9.93. The van der Waals surface area contributed by atoms with E-state index in [4.69, 9.17) is 4.42 Å². The smallest absolute Gasteiger partial charge is 0.157 e. The molecule has 1 aromatic rings. The Kier molecular flexibility index (Phi) is 2.19. The summed E-state index contributed by atoms with van der Waals surface area (Å²) in [5.41, 5.74) is 0. The van der Waals surface area contributed by atoms with Gasteiger partial charge in [0.1, 0.15) is 5.76 Å². The van der Waals surface area contributed by atoms with Crippen molar-refractivity contribution in [3.05, 3.63) is 24.2 Å². The van der Waals surface area contributed by atoms with Crippen LogP contribution in [0, 0.1) is 0 Å². The molecule has 2 rings (SSSR count). The average Bonchev–Trinajstić information content (AvgIpc) is 2.56. The Bertz CT molecular complexity index is 292. The Labute approximate surface area is 77.3 Å². The summed E-state index contributed by atoms with van der Waals surface area (Å²) in [5.74, 6) is 1.08. The normalized spacial score (nSPS) is 25.0. The first-order chi connectivity index (χ1) is 6.27. The van der Waals surface area contributed by atoms with Gasteiger partial charge in [-0.05, 0) is 32.1 Å². The number of nitrogens with zero attached hydrogens (tertiary/aromatic N) is 1. The maximum Gasteiger partial charge on any atom is 0.157 e. The van der Waals surface area contributed by atoms with Gasteiger partial charge in [-0.3, -0.25) is 9.69 Å². The number of carbonyl (C=O) groups is 1. The highest BCUT2D eigenvalue weighted by atomic mass is 16.3. The average molecular weight is 179 g/mol. The van der Waals surface area contributed by atoms with Crippen LogP contribution in [0.25, 0.3) is 0 Å². The van der Waals surface area contributed by atoms with E-state index in [0.29, 0.717) is 6.54 Å². The molecule has 0 N–H and O–H groups in total. The molecule has 0 aromatic carbocycles. The number of Topliss-reactive ketones (excluding diaryl/α,β-unsaturated/α-hetero) is 1. The molecule has 1 atom stereocenters. The molecule has 70 valence electrons. The molecule has 1 aliphatic heterocycles. The van der Waals surface area contributed by atoms with Crippen LogP contribution < -0.4 is 0 Å². The molecule has 0 amide bonds. The number of hydrogen-bond acceptors (Lipinski definition) is 3. The van der Waals surface area contributed by atoms with Crippen molar-refractivity contribution in [2.75, 3.05) is 20.1 Å². The van der Waals surface area contributed by atoms with E-state index in [-0.39, 0.29) is 11.7 Å². The van der Waals surface area contributed by atoms with Crippen molar-refractivity contribution in [2.45, 2.75) is 12.3 Å². The third kappa shape index (κ3) is 1.65. The Hall–Kier alpha value is -1.09. The van der Waals surface area contributed by atoms with E-state index >= 15 is 0 Å². The summed E-state index contributed by atoms with van der Waals surface area (Å²) in [4.78, 5) is 13.6. The fourth-order valence-electron chi connectivity index (χ4n) is 1.76. The van der Waals surface area contributed by atoms with Gasteiger partial charge in [0.15, 0.2) is 5.78 Å². The van der Waals surface area contributed by atoms with Crippen molar-refractivity contribution in [1.29, 1.82) is 0 Å². The molecule has 1 aliphatic rings. The maximum atomic E-state index is 11.6. The Morgan fingerprint density at radius 3 is 3.08 bits per heavy atom. The minimum Gasteiger partial charge on any atom is -0.469 e. The van der Waals surface area contributed by atoms with Crippen molar-refractivity contribution >= 4 is 5.78 Å². The van der Waals surface area contributed by atoms with Crippen LogP contribution in [-0.2, 0) is 4.79 Å². The van der Waals surface area contributed by atoms with Gasteiger partial charge in [-0.1, -0.05) is 0 Å². The van der Waals surface area contributed by atoms with Crippen molar-refractivity contribution in [3.8, 4) is 0 Å². The number of likely N-dealkylation sites (tertiary alicyclic amines) is 1. The molecule has 0 spiro atoms. The minimum absolute atomic E-state index is 0.00815. The van der Waals surface area contributed by atoms with Gasteiger partial charge in [0.25, 0.3) is 0 Å². The third-order valence-electron chi connectivity index (χ3n) is 2.50. The number of rotatable bonds is 1. The van der Waals surface area contributed by atoms with Crippen LogP contribution in [0.2, 0.25) is 0 Å². The Morgan fingerprint density at radius 1 is 1.62 bits per heavy atom. The maximum absolute atomic E-state index is 11.6. The number of ketones is 1. The number of hydrogen-bond donors (Lipinski definition) is 0. The third-order valence-corrected chi connectivity index (χ3v) is 2.50. The molecule has 0 bridgehead atoms. The van der Waals surface area contributed by atoms with Gasteiger partial charge >= 0.3 is 0 Å². The fourth-order valence-corrected chi connectivity index (χ4v) is 1.76. The molecule has 1 saturated heterocycles. The quantitative estimate of drug-likeness (QED) is 0.651. The lowest BCUT2D eigenvalue weighted by Gasteiger charge is -2.26. The van der Waals surface area contributed by atoms with Crippen LogP contribution in [0.5, 0.6) is 0 Å². The van der Waals surface area contributed by atoms with Crippen molar-refractivity contribution < 1.29 is 9.21 Å². The Balaban J connectivity index is 2.13. The Morgan fingerprint density at radius 2 is 2.46 bits per heavy atom. The fraction of sp³-hybridized carbons (Fsp3) is 0.500. The van der Waals surface area contributed by atoms with Crippen molar-refractivity contribution in [2.24, 2.45) is 0 Å². The van der Waals surface area contributed by atoms with E-state index in [2.05, 4.69) is 0 Å². The zero-order valence-corrected chi connectivity index (χ0v) is 7.69. The van der Waals surface area contributed by atoms with Gasteiger partial charge in [0.2, 0.25) is 0 Å². The van der Waals surface area contributed by atoms with Gasteiger partial charge in [-0.2, -0.15) is 0 Å². The molecular formula is C10H13NO2. The van der Waals surface area contributed by atoms with Crippen molar-refractivity contribution in [3.63, 3.8) is 0 Å². The summed E-state index contributed by atoms with van der Waals surface area (Å²) in [6.07, 6.45) is 2.50. The lowest BCUT2D eigenvalue weighted by Crippen LogP contribution is -2.37. The highest BCUT2D eigenvalue weighted by Crippen LogP contribution is 2.24. The first kappa shape index (κ1) is 8.51. The summed E-state index contributed by atoms with van der Waals surface area (Å²) in [5, 5.41) is 0. The highest BCUT2D eigenvalue weighted by Gasteiger charge is 2.28. The molecule has 0 saturated carbocycles. The molecule has 1 fully saturated rings. The van der Waals surface area contributed by atoms with E-state index < -0.39 is 0 Å². The number of likely N-dealkylation sites (N-methyl/N-ethyl adjacent to an activating group) is 1. The van der Waals surface area contributed by atoms with Gasteiger partial charge in [0.05, 0.1) is 18.7 Å². The van der Waals surface area contributed by atoms with E-state index in [1.54, 1.807) is 6.26 Å². The lowest BCUT2D eigenvalue weighted by molar-refractivity contribution is -0.123. The molecule has 1 aromatic heterocycles. The van der Waals surface area contributed by atoms with Crippen LogP contribution in [0.1, 0.15) is 18.1 Å². The predicted molar refractivity (Wildman–Crippen MR) is 48.6 cm³/mol. The van der Waals surface area contributed by atoms with Gasteiger partial charge < -0.3 is 4.42 Å². The molecule has 3 nitrogen and oxygen atoms in total. The molecule has 0 aliphatic carbocycles. The molecule has 0 radical (unpaired) electrons. The number of furan rings is 1. The molecule has 1 unspecified atom stereocenters. The number of piperidine rings is 1. The topological polar surface area (TPSA) is 33.5 Å². The van der Waals surface area contributed by atoms with Crippen LogP contribution in [0.3, 0.4) is 0 Å². The van der Waals surface area contributed by atoms with E-state index in [1.165, 1.54) is 0 Å². The summed E-state index contributed by atoms with van der Waals surface area (Å²) in [6, 6.07) is 3.72. The van der Waals surface area contributed by atoms with Crippen molar-refractivity contribution in [1.82, 2.24) is 4.90 Å². The van der Waals surface area contributed by atoms with Crippen LogP contribution in [0.15, 0.2) is 22.8 Å². The number of carbonyl (C=O) groups excluding carboxylic acids is 1. The van der Waals surface area contributed by atoms with Gasteiger partial charge in [0, 0.05) is 0 Å². The van der Waals surface area contributed by atoms with E-state index in [0.717, 1.165) is 18.7 Å². The van der Waals surface area contributed by atoms with Crippen LogP contribution in [0.4, 0.5) is 0 Å². The zero-order chi connectivity index (χ0) is 9.26. The first-order valence-electron chi connectivity index (χ1n) is 4.52. The summed E-state index contributed by atoms with van der Waals surface area (Å²) < 4.78 is 5.24. The minimum atomic E-state index is -0.00815.